The molecule has 0 bridgehead atoms. The molecule has 0 aromatic heterocycles. The lowest BCUT2D eigenvalue weighted by molar-refractivity contribution is 0.354. The van der Waals surface area contributed by atoms with Crippen molar-refractivity contribution in [2.45, 2.75) is 6.54 Å². The van der Waals surface area contributed by atoms with Crippen molar-refractivity contribution in [2.75, 3.05) is 27.8 Å². The highest BCUT2D eigenvalue weighted by Crippen LogP contribution is 2.33. The summed E-state index contributed by atoms with van der Waals surface area (Å²) in [5, 5.41) is 3.58. The maximum Gasteiger partial charge on any atom is 0.167 e. The predicted octanol–water partition coefficient (Wildman–Crippen LogP) is 3.14. The van der Waals surface area contributed by atoms with Gasteiger partial charge in [-0.2, -0.15) is 5.10 Å². The molecule has 0 aliphatic rings. The van der Waals surface area contributed by atoms with Crippen molar-refractivity contribution in [1.82, 2.24) is 4.90 Å². The van der Waals surface area contributed by atoms with E-state index in [-0.39, 0.29) is 0 Å². The molecular weight excluding hydrogens is 314 g/mol. The molecular formula is C20H25N3O2. The Hall–Kier alpha value is -2.79. The normalized spacial score (nSPS) is 11.5. The van der Waals surface area contributed by atoms with Crippen molar-refractivity contribution in [3.63, 3.8) is 0 Å². The zero-order chi connectivity index (χ0) is 18.1. The van der Waals surface area contributed by atoms with E-state index in [0.717, 1.165) is 24.2 Å². The van der Waals surface area contributed by atoms with Crippen LogP contribution in [-0.2, 0) is 6.54 Å². The number of hydrazone groups is 1. The smallest absolute Gasteiger partial charge is 0.167 e. The molecule has 5 nitrogen and oxygen atoms in total. The van der Waals surface area contributed by atoms with E-state index in [1.807, 2.05) is 24.3 Å². The number of methoxy groups -OCH3 is 2. The Labute approximate surface area is 149 Å². The lowest BCUT2D eigenvalue weighted by Crippen LogP contribution is -2.17. The van der Waals surface area contributed by atoms with Crippen LogP contribution < -0.4 is 15.3 Å². The van der Waals surface area contributed by atoms with Crippen molar-refractivity contribution in [2.24, 2.45) is 10.9 Å². The lowest BCUT2D eigenvalue weighted by atomic mass is 10.1. The van der Waals surface area contributed by atoms with E-state index in [0.29, 0.717) is 11.5 Å². The summed E-state index contributed by atoms with van der Waals surface area (Å²) < 4.78 is 10.9. The fourth-order valence-corrected chi connectivity index (χ4v) is 2.62. The van der Waals surface area contributed by atoms with E-state index in [2.05, 4.69) is 47.4 Å². The number of hydrogen-bond acceptors (Lipinski definition) is 5. The maximum absolute atomic E-state index is 5.49. The fraction of sp³-hybridized carbons (Fsp3) is 0.250. The molecule has 0 fully saturated rings. The van der Waals surface area contributed by atoms with Gasteiger partial charge in [-0.3, -0.25) is 4.90 Å². The first-order valence-corrected chi connectivity index (χ1v) is 8.06. The number of nitrogens with zero attached hydrogens (tertiary/aromatic N) is 2. The van der Waals surface area contributed by atoms with Gasteiger partial charge >= 0.3 is 0 Å². The molecule has 0 aliphatic heterocycles. The molecule has 0 atom stereocenters. The fourth-order valence-electron chi connectivity index (χ4n) is 2.62. The van der Waals surface area contributed by atoms with Gasteiger partial charge in [0.2, 0.25) is 0 Å². The molecule has 5 heteroatoms. The topological polar surface area (TPSA) is 60.1 Å². The van der Waals surface area contributed by atoms with Crippen molar-refractivity contribution in [3.05, 3.63) is 65.2 Å². The van der Waals surface area contributed by atoms with Crippen LogP contribution in [-0.4, -0.2) is 38.9 Å². The minimum Gasteiger partial charge on any atom is -0.493 e. The SMILES string of the molecule is COc1cc(C=NN)cc(C=CCN(C)Cc2ccccc2)c1OC. The third kappa shape index (κ3) is 5.36. The summed E-state index contributed by atoms with van der Waals surface area (Å²) in [5.74, 6) is 6.60. The van der Waals surface area contributed by atoms with E-state index >= 15 is 0 Å². The van der Waals surface area contributed by atoms with Crippen LogP contribution >= 0.6 is 0 Å². The van der Waals surface area contributed by atoms with Gasteiger partial charge in [0.15, 0.2) is 11.5 Å². The van der Waals surface area contributed by atoms with Crippen molar-refractivity contribution in [1.29, 1.82) is 0 Å². The Kier molecular flexibility index (Phi) is 7.04. The number of ether oxygens (including phenoxy) is 2. The summed E-state index contributed by atoms with van der Waals surface area (Å²) in [6, 6.07) is 14.2. The first-order chi connectivity index (χ1) is 12.2. The van der Waals surface area contributed by atoms with Crippen molar-refractivity contribution < 1.29 is 9.47 Å². The molecule has 132 valence electrons. The molecule has 0 amide bonds. The number of benzene rings is 2. The van der Waals surface area contributed by atoms with Gasteiger partial charge in [0, 0.05) is 18.7 Å². The highest BCUT2D eigenvalue weighted by molar-refractivity contribution is 5.83. The Morgan fingerprint density at radius 2 is 1.88 bits per heavy atom. The quantitative estimate of drug-likeness (QED) is 0.456. The van der Waals surface area contributed by atoms with E-state index in [1.54, 1.807) is 20.4 Å². The van der Waals surface area contributed by atoms with Crippen molar-refractivity contribution >= 4 is 12.3 Å². The van der Waals surface area contributed by atoms with Crippen LogP contribution in [0.1, 0.15) is 16.7 Å². The van der Waals surface area contributed by atoms with Gasteiger partial charge < -0.3 is 15.3 Å². The number of rotatable bonds is 8. The molecule has 0 radical (unpaired) electrons. The first-order valence-electron chi connectivity index (χ1n) is 8.06. The van der Waals surface area contributed by atoms with Gasteiger partial charge in [-0.1, -0.05) is 42.5 Å². The predicted molar refractivity (Wildman–Crippen MR) is 103 cm³/mol. The number of likely N-dealkylation sites (N-methyl/N-ethyl adjacent to an activating group) is 1. The summed E-state index contributed by atoms with van der Waals surface area (Å²) in [5.41, 5.74) is 3.07. The standard InChI is InChI=1S/C20H25N3O2/c1-23(15-16-8-5-4-6-9-16)11-7-10-18-12-17(14-22-21)13-19(24-2)20(18)25-3/h4-10,12-14H,11,15,21H2,1-3H3. The van der Waals surface area contributed by atoms with Gasteiger partial charge in [-0.25, -0.2) is 0 Å². The van der Waals surface area contributed by atoms with Crippen LogP contribution in [0.5, 0.6) is 11.5 Å². The van der Waals surface area contributed by atoms with E-state index in [4.69, 9.17) is 15.3 Å². The molecule has 0 saturated heterocycles. The van der Waals surface area contributed by atoms with Crippen LogP contribution in [0.2, 0.25) is 0 Å². The number of hydrogen-bond donors (Lipinski definition) is 1. The highest BCUT2D eigenvalue weighted by atomic mass is 16.5. The molecule has 2 N–H and O–H groups in total. The third-order valence-corrected chi connectivity index (χ3v) is 3.76. The largest absolute Gasteiger partial charge is 0.493 e. The van der Waals surface area contributed by atoms with Crippen LogP contribution in [0, 0.1) is 0 Å². The Morgan fingerprint density at radius 1 is 1.12 bits per heavy atom. The van der Waals surface area contributed by atoms with E-state index in [9.17, 15) is 0 Å². The Balaban J connectivity index is 2.12. The zero-order valence-electron chi connectivity index (χ0n) is 15.0. The van der Waals surface area contributed by atoms with Crippen LogP contribution in [0.4, 0.5) is 0 Å². The molecule has 2 rings (SSSR count). The van der Waals surface area contributed by atoms with Crippen molar-refractivity contribution in [3.8, 4) is 11.5 Å². The van der Waals surface area contributed by atoms with Gasteiger partial charge in [-0.15, -0.1) is 0 Å². The highest BCUT2D eigenvalue weighted by Gasteiger charge is 2.10. The zero-order valence-corrected chi connectivity index (χ0v) is 15.0. The molecule has 0 spiro atoms. The molecule has 0 aliphatic carbocycles. The van der Waals surface area contributed by atoms with E-state index in [1.165, 1.54) is 5.56 Å². The Morgan fingerprint density at radius 3 is 2.52 bits per heavy atom. The number of nitrogens with two attached hydrogens (primary N) is 1. The lowest BCUT2D eigenvalue weighted by Gasteiger charge is -2.15. The van der Waals surface area contributed by atoms with Crippen LogP contribution in [0.15, 0.2) is 53.6 Å². The molecule has 0 heterocycles. The molecule has 2 aromatic rings. The summed E-state index contributed by atoms with van der Waals surface area (Å²) in [7, 11) is 5.34. The summed E-state index contributed by atoms with van der Waals surface area (Å²) in [6.45, 7) is 1.71. The van der Waals surface area contributed by atoms with Gasteiger partial charge in [0.25, 0.3) is 0 Å². The average Bonchev–Trinajstić information content (AvgIpc) is 2.62. The van der Waals surface area contributed by atoms with Crippen LogP contribution in [0.3, 0.4) is 0 Å². The molecule has 25 heavy (non-hydrogen) atoms. The minimum atomic E-state index is 0.650. The average molecular weight is 339 g/mol. The maximum atomic E-state index is 5.49. The monoisotopic (exact) mass is 339 g/mol. The summed E-state index contributed by atoms with van der Waals surface area (Å²) >= 11 is 0. The molecule has 2 aromatic carbocycles. The second-order valence-electron chi connectivity index (χ2n) is 5.71. The second-order valence-corrected chi connectivity index (χ2v) is 5.71. The third-order valence-electron chi connectivity index (χ3n) is 3.76. The van der Waals surface area contributed by atoms with Gasteiger partial charge in [0.05, 0.1) is 20.4 Å². The summed E-state index contributed by atoms with van der Waals surface area (Å²) in [6.07, 6.45) is 5.71. The molecule has 0 saturated carbocycles. The minimum absolute atomic E-state index is 0.650. The van der Waals surface area contributed by atoms with E-state index < -0.39 is 0 Å². The van der Waals surface area contributed by atoms with Gasteiger partial charge in [0.1, 0.15) is 0 Å². The second kappa shape index (κ2) is 9.49. The Bertz CT molecular complexity index is 727. The van der Waals surface area contributed by atoms with Gasteiger partial charge in [-0.05, 0) is 30.3 Å². The molecule has 0 unspecified atom stereocenters. The van der Waals surface area contributed by atoms with Crippen LogP contribution in [0.25, 0.3) is 6.08 Å². The first kappa shape index (κ1) is 18.5. The summed E-state index contributed by atoms with van der Waals surface area (Å²) in [4.78, 5) is 2.24.